The Morgan fingerprint density at radius 1 is 0.826 bits per heavy atom. The summed E-state index contributed by atoms with van der Waals surface area (Å²) in [6.07, 6.45) is 0.598. The number of ether oxygens (including phenoxy) is 1. The maximum absolute atomic E-state index is 12.7. The summed E-state index contributed by atoms with van der Waals surface area (Å²) < 4.78 is 43.6. The number of rotatable bonds is 4. The topological polar surface area (TPSA) is 9.23 Å². The predicted octanol–water partition coefficient (Wildman–Crippen LogP) is 4.15. The first-order valence-corrected chi connectivity index (χ1v) is 6.77. The minimum absolute atomic E-state index is 0.170. The SMILES string of the molecule is C#CCOC(C#CC(F)(F)F)(c1ccccc1)c1ccccc1. The van der Waals surface area contributed by atoms with Crippen LogP contribution in [0.4, 0.5) is 13.2 Å². The summed E-state index contributed by atoms with van der Waals surface area (Å²) in [6.45, 7) is -0.170. The zero-order chi connectivity index (χ0) is 16.8. The van der Waals surface area contributed by atoms with Gasteiger partial charge in [0.25, 0.3) is 0 Å². The van der Waals surface area contributed by atoms with Crippen molar-refractivity contribution in [3.63, 3.8) is 0 Å². The van der Waals surface area contributed by atoms with Crippen molar-refractivity contribution in [3.05, 3.63) is 71.8 Å². The Bertz CT molecular complexity index is 692. The van der Waals surface area contributed by atoms with Crippen LogP contribution in [0.5, 0.6) is 0 Å². The molecule has 2 aromatic rings. The van der Waals surface area contributed by atoms with Gasteiger partial charge in [-0.15, -0.1) is 6.42 Å². The van der Waals surface area contributed by atoms with Gasteiger partial charge in [-0.2, -0.15) is 13.2 Å². The molecule has 0 spiro atoms. The Morgan fingerprint density at radius 3 is 1.70 bits per heavy atom. The van der Waals surface area contributed by atoms with E-state index in [0.29, 0.717) is 11.1 Å². The number of halogens is 3. The fourth-order valence-corrected chi connectivity index (χ4v) is 2.17. The molecular weight excluding hydrogens is 301 g/mol. The van der Waals surface area contributed by atoms with Crippen LogP contribution in [0.1, 0.15) is 11.1 Å². The quantitative estimate of drug-likeness (QED) is 0.771. The van der Waals surface area contributed by atoms with Crippen LogP contribution in [-0.2, 0) is 10.3 Å². The van der Waals surface area contributed by atoms with Crippen molar-refractivity contribution in [3.8, 4) is 24.2 Å². The van der Waals surface area contributed by atoms with Gasteiger partial charge in [0.05, 0.1) is 0 Å². The van der Waals surface area contributed by atoms with E-state index >= 15 is 0 Å². The monoisotopic (exact) mass is 314 g/mol. The van der Waals surface area contributed by atoms with Crippen molar-refractivity contribution >= 4 is 0 Å². The standard InChI is InChI=1S/C19H13F3O/c1-2-15-23-18(13-14-19(20,21)22,16-9-5-3-6-10-16)17-11-7-4-8-12-17/h1,3-12H,15H2. The van der Waals surface area contributed by atoms with Gasteiger partial charge in [0.2, 0.25) is 0 Å². The zero-order valence-corrected chi connectivity index (χ0v) is 12.1. The van der Waals surface area contributed by atoms with Gasteiger partial charge in [-0.25, -0.2) is 0 Å². The van der Waals surface area contributed by atoms with Crippen LogP contribution in [0.2, 0.25) is 0 Å². The summed E-state index contributed by atoms with van der Waals surface area (Å²) in [7, 11) is 0. The van der Waals surface area contributed by atoms with Crippen molar-refractivity contribution in [2.45, 2.75) is 11.8 Å². The average molecular weight is 314 g/mol. The van der Waals surface area contributed by atoms with Crippen LogP contribution in [0.25, 0.3) is 0 Å². The molecule has 0 radical (unpaired) electrons. The van der Waals surface area contributed by atoms with Crippen molar-refractivity contribution in [1.29, 1.82) is 0 Å². The van der Waals surface area contributed by atoms with Gasteiger partial charge < -0.3 is 4.74 Å². The van der Waals surface area contributed by atoms with Crippen LogP contribution in [0.15, 0.2) is 60.7 Å². The van der Waals surface area contributed by atoms with E-state index in [2.05, 4.69) is 11.8 Å². The Balaban J connectivity index is 2.68. The molecule has 0 aliphatic heterocycles. The van der Waals surface area contributed by atoms with E-state index in [-0.39, 0.29) is 6.61 Å². The molecule has 0 N–H and O–H groups in total. The van der Waals surface area contributed by atoms with Crippen LogP contribution in [0.3, 0.4) is 0 Å². The number of alkyl halides is 3. The Labute approximate surface area is 133 Å². The lowest BCUT2D eigenvalue weighted by Gasteiger charge is -2.29. The highest BCUT2D eigenvalue weighted by Gasteiger charge is 2.35. The van der Waals surface area contributed by atoms with E-state index in [1.165, 1.54) is 5.92 Å². The first-order chi connectivity index (χ1) is 11.0. The summed E-state index contributed by atoms with van der Waals surface area (Å²) in [5.74, 6) is 5.86. The second-order valence-corrected chi connectivity index (χ2v) is 4.65. The highest BCUT2D eigenvalue weighted by atomic mass is 19.4. The number of benzene rings is 2. The van der Waals surface area contributed by atoms with Crippen molar-refractivity contribution < 1.29 is 17.9 Å². The lowest BCUT2D eigenvalue weighted by atomic mass is 9.86. The Morgan fingerprint density at radius 2 is 1.30 bits per heavy atom. The molecule has 0 bridgehead atoms. The van der Waals surface area contributed by atoms with E-state index in [9.17, 15) is 13.2 Å². The van der Waals surface area contributed by atoms with Gasteiger partial charge in [0, 0.05) is 17.0 Å². The predicted molar refractivity (Wildman–Crippen MR) is 82.3 cm³/mol. The fraction of sp³-hybridized carbons (Fsp3) is 0.158. The van der Waals surface area contributed by atoms with Gasteiger partial charge in [-0.1, -0.05) is 66.6 Å². The van der Waals surface area contributed by atoms with Crippen molar-refractivity contribution in [2.75, 3.05) is 6.61 Å². The maximum atomic E-state index is 12.7. The molecule has 0 heterocycles. The largest absolute Gasteiger partial charge is 0.457 e. The molecule has 2 rings (SSSR count). The molecule has 0 saturated carbocycles. The molecule has 0 saturated heterocycles. The van der Waals surface area contributed by atoms with E-state index in [1.54, 1.807) is 60.7 Å². The van der Waals surface area contributed by atoms with Gasteiger partial charge in [-0.3, -0.25) is 0 Å². The molecule has 0 fully saturated rings. The second-order valence-electron chi connectivity index (χ2n) is 4.65. The highest BCUT2D eigenvalue weighted by Crippen LogP contribution is 2.33. The zero-order valence-electron chi connectivity index (χ0n) is 12.1. The Kier molecular flexibility index (Phi) is 5.11. The average Bonchev–Trinajstić information content (AvgIpc) is 2.56. The molecule has 116 valence electrons. The van der Waals surface area contributed by atoms with E-state index in [1.807, 2.05) is 0 Å². The van der Waals surface area contributed by atoms with Gasteiger partial charge >= 0.3 is 6.18 Å². The maximum Gasteiger partial charge on any atom is 0.457 e. The molecule has 0 amide bonds. The molecule has 2 aromatic carbocycles. The van der Waals surface area contributed by atoms with Crippen molar-refractivity contribution in [1.82, 2.24) is 0 Å². The third-order valence-electron chi connectivity index (χ3n) is 3.11. The van der Waals surface area contributed by atoms with Gasteiger partial charge in [0.1, 0.15) is 6.61 Å². The first-order valence-electron chi connectivity index (χ1n) is 6.77. The molecular formula is C19H13F3O. The number of hydrogen-bond acceptors (Lipinski definition) is 1. The summed E-state index contributed by atoms with van der Waals surface area (Å²) in [5.41, 5.74) is -0.610. The van der Waals surface area contributed by atoms with Crippen LogP contribution < -0.4 is 0 Å². The molecule has 1 nitrogen and oxygen atoms in total. The van der Waals surface area contributed by atoms with Gasteiger partial charge in [-0.05, 0) is 5.92 Å². The Hall–Kier alpha value is -2.69. The number of hydrogen-bond donors (Lipinski definition) is 0. The first kappa shape index (κ1) is 16.7. The lowest BCUT2D eigenvalue weighted by Crippen LogP contribution is -2.30. The number of terminal acetylenes is 1. The minimum Gasteiger partial charge on any atom is -0.341 e. The van der Waals surface area contributed by atoms with E-state index in [4.69, 9.17) is 11.2 Å². The molecule has 0 unspecified atom stereocenters. The van der Waals surface area contributed by atoms with Crippen molar-refractivity contribution in [2.24, 2.45) is 0 Å². The summed E-state index contributed by atoms with van der Waals surface area (Å²) >= 11 is 0. The smallest absolute Gasteiger partial charge is 0.341 e. The summed E-state index contributed by atoms with van der Waals surface area (Å²) in [5, 5.41) is 0. The molecule has 4 heteroatoms. The fourth-order valence-electron chi connectivity index (χ4n) is 2.17. The van der Waals surface area contributed by atoms with Crippen LogP contribution in [0, 0.1) is 24.2 Å². The molecule has 23 heavy (non-hydrogen) atoms. The normalized spacial score (nSPS) is 11.2. The minimum atomic E-state index is -4.63. The van der Waals surface area contributed by atoms with Crippen LogP contribution >= 0.6 is 0 Å². The molecule has 0 aromatic heterocycles. The molecule has 0 aliphatic rings. The second kappa shape index (κ2) is 7.05. The van der Waals surface area contributed by atoms with Gasteiger partial charge in [0.15, 0.2) is 5.60 Å². The summed E-state index contributed by atoms with van der Waals surface area (Å²) in [4.78, 5) is 0. The molecule has 0 aliphatic carbocycles. The van der Waals surface area contributed by atoms with Crippen LogP contribution in [-0.4, -0.2) is 12.8 Å². The van der Waals surface area contributed by atoms with E-state index < -0.39 is 11.8 Å². The third kappa shape index (κ3) is 4.16. The highest BCUT2D eigenvalue weighted by molar-refractivity contribution is 5.45. The molecule has 0 atom stereocenters. The third-order valence-corrected chi connectivity index (χ3v) is 3.11. The summed E-state index contributed by atoms with van der Waals surface area (Å²) in [6, 6.07) is 17.0. The lowest BCUT2D eigenvalue weighted by molar-refractivity contribution is -0.0705. The van der Waals surface area contributed by atoms with E-state index in [0.717, 1.165) is 0 Å².